The van der Waals surface area contributed by atoms with Crippen molar-refractivity contribution in [1.82, 2.24) is 14.7 Å². The number of likely N-dealkylation sites (tertiary alicyclic amines) is 1. The molecule has 0 aliphatic carbocycles. The number of carbonyl (C=O) groups excluding carboxylic acids is 1. The van der Waals surface area contributed by atoms with Gasteiger partial charge in [0.2, 0.25) is 0 Å². The zero-order chi connectivity index (χ0) is 18.5. The van der Waals surface area contributed by atoms with Crippen molar-refractivity contribution in [2.24, 2.45) is 5.73 Å². The molecule has 2 heterocycles. The van der Waals surface area contributed by atoms with E-state index in [0.29, 0.717) is 42.0 Å². The molecule has 140 valence electrons. The second-order valence-corrected chi connectivity index (χ2v) is 7.06. The molecule has 1 fully saturated rings. The van der Waals surface area contributed by atoms with Crippen LogP contribution in [-0.2, 0) is 4.74 Å². The van der Waals surface area contributed by atoms with Crippen LogP contribution in [-0.4, -0.2) is 52.9 Å². The summed E-state index contributed by atoms with van der Waals surface area (Å²) in [4.78, 5) is 14.5. The van der Waals surface area contributed by atoms with Crippen LogP contribution in [0.2, 0.25) is 10.0 Å². The molecule has 8 heteroatoms. The van der Waals surface area contributed by atoms with Crippen molar-refractivity contribution in [2.75, 3.05) is 26.2 Å². The molecule has 2 N–H and O–H groups in total. The van der Waals surface area contributed by atoms with Crippen LogP contribution in [0.5, 0.6) is 0 Å². The van der Waals surface area contributed by atoms with E-state index in [1.807, 2.05) is 4.90 Å². The van der Waals surface area contributed by atoms with Crippen LogP contribution in [0.15, 0.2) is 30.5 Å². The smallest absolute Gasteiger partial charge is 0.274 e. The van der Waals surface area contributed by atoms with E-state index < -0.39 is 0 Å². The Kier molecular flexibility index (Phi) is 6.53. The fourth-order valence-electron chi connectivity index (χ4n) is 2.93. The fourth-order valence-corrected chi connectivity index (χ4v) is 3.22. The van der Waals surface area contributed by atoms with Crippen LogP contribution in [0.1, 0.15) is 29.8 Å². The van der Waals surface area contributed by atoms with Crippen LogP contribution >= 0.6 is 23.2 Å². The van der Waals surface area contributed by atoms with Crippen molar-refractivity contribution in [3.63, 3.8) is 0 Å². The number of amides is 1. The summed E-state index contributed by atoms with van der Waals surface area (Å²) in [6.07, 6.45) is 4.49. The van der Waals surface area contributed by atoms with Crippen LogP contribution in [0.3, 0.4) is 0 Å². The molecule has 6 nitrogen and oxygen atoms in total. The van der Waals surface area contributed by atoms with Crippen molar-refractivity contribution in [3.05, 3.63) is 46.2 Å². The SMILES string of the molecule is NCCCOC1CCN(C(=O)c2ccn(-c3ccc(Cl)c(Cl)c3)n2)CC1. The monoisotopic (exact) mass is 396 g/mol. The third kappa shape index (κ3) is 4.57. The molecule has 1 amide bonds. The van der Waals surface area contributed by atoms with Crippen molar-refractivity contribution in [1.29, 1.82) is 0 Å². The normalized spacial score (nSPS) is 15.4. The number of halogens is 2. The number of hydrogen-bond acceptors (Lipinski definition) is 4. The highest BCUT2D eigenvalue weighted by Gasteiger charge is 2.25. The average molecular weight is 397 g/mol. The maximum Gasteiger partial charge on any atom is 0.274 e. The van der Waals surface area contributed by atoms with Crippen molar-refractivity contribution >= 4 is 29.1 Å². The Morgan fingerprint density at radius 2 is 2.00 bits per heavy atom. The lowest BCUT2D eigenvalue weighted by atomic mass is 10.1. The highest BCUT2D eigenvalue weighted by molar-refractivity contribution is 6.42. The molecule has 1 aliphatic rings. The lowest BCUT2D eigenvalue weighted by molar-refractivity contribution is 0.00828. The molecular weight excluding hydrogens is 375 g/mol. The lowest BCUT2D eigenvalue weighted by Gasteiger charge is -2.31. The molecule has 2 aromatic rings. The van der Waals surface area contributed by atoms with Gasteiger partial charge in [-0.3, -0.25) is 4.79 Å². The van der Waals surface area contributed by atoms with Crippen molar-refractivity contribution in [3.8, 4) is 5.69 Å². The van der Waals surface area contributed by atoms with Crippen LogP contribution in [0, 0.1) is 0 Å². The Morgan fingerprint density at radius 1 is 1.23 bits per heavy atom. The van der Waals surface area contributed by atoms with Gasteiger partial charge in [-0.05, 0) is 50.1 Å². The summed E-state index contributed by atoms with van der Waals surface area (Å²) in [7, 11) is 0. The lowest BCUT2D eigenvalue weighted by Crippen LogP contribution is -2.41. The van der Waals surface area contributed by atoms with Crippen molar-refractivity contribution < 1.29 is 9.53 Å². The van der Waals surface area contributed by atoms with E-state index in [1.165, 1.54) is 0 Å². The van der Waals surface area contributed by atoms with E-state index >= 15 is 0 Å². The minimum absolute atomic E-state index is 0.0655. The third-order valence-corrected chi connectivity index (χ3v) is 5.15. The zero-order valence-corrected chi connectivity index (χ0v) is 15.9. The molecule has 0 atom stereocenters. The van der Waals surface area contributed by atoms with E-state index in [1.54, 1.807) is 35.1 Å². The predicted octanol–water partition coefficient (Wildman–Crippen LogP) is 3.15. The quantitative estimate of drug-likeness (QED) is 0.760. The Bertz CT molecular complexity index is 757. The first-order chi connectivity index (χ1) is 12.6. The first kappa shape index (κ1) is 19.2. The van der Waals surface area contributed by atoms with E-state index in [-0.39, 0.29) is 12.0 Å². The summed E-state index contributed by atoms with van der Waals surface area (Å²) in [6, 6.07) is 6.95. The van der Waals surface area contributed by atoms with E-state index in [4.69, 9.17) is 33.7 Å². The maximum absolute atomic E-state index is 12.7. The molecular formula is C18H22Cl2N4O2. The van der Waals surface area contributed by atoms with Gasteiger partial charge in [0.25, 0.3) is 5.91 Å². The average Bonchev–Trinajstić information content (AvgIpc) is 3.14. The topological polar surface area (TPSA) is 73.4 Å². The Hall–Kier alpha value is -1.60. The molecule has 1 aromatic carbocycles. The molecule has 3 rings (SSSR count). The number of ether oxygens (including phenoxy) is 1. The number of carbonyl (C=O) groups is 1. The molecule has 0 bridgehead atoms. The molecule has 1 aromatic heterocycles. The minimum atomic E-state index is -0.0655. The van der Waals surface area contributed by atoms with Gasteiger partial charge in [-0.2, -0.15) is 5.10 Å². The van der Waals surface area contributed by atoms with E-state index in [0.717, 1.165) is 24.9 Å². The van der Waals surface area contributed by atoms with Gasteiger partial charge in [0, 0.05) is 25.9 Å². The highest BCUT2D eigenvalue weighted by atomic mass is 35.5. The number of nitrogens with two attached hydrogens (primary N) is 1. The summed E-state index contributed by atoms with van der Waals surface area (Å²) >= 11 is 12.0. The van der Waals surface area contributed by atoms with Gasteiger partial charge in [0.1, 0.15) is 0 Å². The number of rotatable bonds is 6. The molecule has 0 spiro atoms. The Morgan fingerprint density at radius 3 is 2.69 bits per heavy atom. The highest BCUT2D eigenvalue weighted by Crippen LogP contribution is 2.24. The summed E-state index contributed by atoms with van der Waals surface area (Å²) < 4.78 is 7.40. The van der Waals surface area contributed by atoms with Crippen LogP contribution in [0.4, 0.5) is 0 Å². The van der Waals surface area contributed by atoms with E-state index in [2.05, 4.69) is 5.10 Å². The summed E-state index contributed by atoms with van der Waals surface area (Å²) in [5, 5.41) is 5.31. The molecule has 1 saturated heterocycles. The van der Waals surface area contributed by atoms with Gasteiger partial charge in [0.05, 0.1) is 21.8 Å². The molecule has 0 unspecified atom stereocenters. The number of nitrogens with zero attached hydrogens (tertiary/aromatic N) is 3. The number of aromatic nitrogens is 2. The number of piperidine rings is 1. The van der Waals surface area contributed by atoms with Crippen LogP contribution in [0.25, 0.3) is 5.69 Å². The Balaban J connectivity index is 1.59. The number of benzene rings is 1. The molecule has 0 saturated carbocycles. The Labute approximate surface area is 162 Å². The summed E-state index contributed by atoms with van der Waals surface area (Å²) in [6.45, 7) is 2.67. The molecule has 1 aliphatic heterocycles. The number of hydrogen-bond donors (Lipinski definition) is 1. The summed E-state index contributed by atoms with van der Waals surface area (Å²) in [5.41, 5.74) is 6.64. The third-order valence-electron chi connectivity index (χ3n) is 4.41. The van der Waals surface area contributed by atoms with Gasteiger partial charge >= 0.3 is 0 Å². The summed E-state index contributed by atoms with van der Waals surface area (Å²) in [5.74, 6) is -0.0655. The fraction of sp³-hybridized carbons (Fsp3) is 0.444. The zero-order valence-electron chi connectivity index (χ0n) is 14.4. The van der Waals surface area contributed by atoms with Crippen molar-refractivity contribution in [2.45, 2.75) is 25.4 Å². The first-order valence-electron chi connectivity index (χ1n) is 8.70. The minimum Gasteiger partial charge on any atom is -0.378 e. The second-order valence-electron chi connectivity index (χ2n) is 6.25. The maximum atomic E-state index is 12.7. The van der Waals surface area contributed by atoms with Gasteiger partial charge < -0.3 is 15.4 Å². The van der Waals surface area contributed by atoms with Gasteiger partial charge in [-0.25, -0.2) is 4.68 Å². The second kappa shape index (κ2) is 8.86. The standard InChI is InChI=1S/C18H22Cl2N4O2/c19-15-3-2-13(12-16(15)20)24-10-6-17(22-24)18(25)23-8-4-14(5-9-23)26-11-1-7-21/h2-3,6,10,12,14H,1,4-5,7-9,11,21H2. The van der Waals surface area contributed by atoms with E-state index in [9.17, 15) is 4.79 Å². The molecule has 0 radical (unpaired) electrons. The van der Waals surface area contributed by atoms with Gasteiger partial charge in [-0.1, -0.05) is 23.2 Å². The van der Waals surface area contributed by atoms with Crippen LogP contribution < -0.4 is 5.73 Å². The largest absolute Gasteiger partial charge is 0.378 e. The molecule has 26 heavy (non-hydrogen) atoms. The van der Waals surface area contributed by atoms with Gasteiger partial charge in [0.15, 0.2) is 5.69 Å². The first-order valence-corrected chi connectivity index (χ1v) is 9.46. The predicted molar refractivity (Wildman–Crippen MR) is 102 cm³/mol. The van der Waals surface area contributed by atoms with Gasteiger partial charge in [-0.15, -0.1) is 0 Å².